The van der Waals surface area contributed by atoms with Crippen LogP contribution in [-0.2, 0) is 11.3 Å². The minimum Gasteiger partial charge on any atom is -0.508 e. The van der Waals surface area contributed by atoms with Gasteiger partial charge in [0.25, 0.3) is 5.91 Å². The molecule has 3 N–H and O–H groups in total. The van der Waals surface area contributed by atoms with Gasteiger partial charge in [0.1, 0.15) is 11.5 Å². The van der Waals surface area contributed by atoms with E-state index < -0.39 is 0 Å². The van der Waals surface area contributed by atoms with Crippen LogP contribution in [0.25, 0.3) is 21.6 Å². The van der Waals surface area contributed by atoms with Gasteiger partial charge in [0.2, 0.25) is 0 Å². The number of carbonyl (C=O) groups excluding carboxylic acids is 1. The first kappa shape index (κ1) is 24.3. The maximum atomic E-state index is 12.3. The number of ether oxygens (including phenoxy) is 1. The number of aromatic hydroxyl groups is 2. The lowest BCUT2D eigenvalue weighted by atomic mass is 9.91. The number of rotatable bonds is 7. The van der Waals surface area contributed by atoms with E-state index in [4.69, 9.17) is 4.74 Å². The van der Waals surface area contributed by atoms with Crippen molar-refractivity contribution in [2.75, 3.05) is 32.8 Å². The van der Waals surface area contributed by atoms with Gasteiger partial charge in [-0.3, -0.25) is 9.69 Å². The smallest absolute Gasteiger partial charge is 0.252 e. The molecule has 6 nitrogen and oxygen atoms in total. The van der Waals surface area contributed by atoms with Crippen LogP contribution in [0.3, 0.4) is 0 Å². The second-order valence-corrected chi connectivity index (χ2v) is 9.82. The SMILES string of the molecule is CCNC(=O)c1csc(-c2ccc(CN3CCOCC3)cc2-c2cc(C(C)C)c(O)cc2O)c1. The minimum absolute atomic E-state index is 0.0344. The van der Waals surface area contributed by atoms with Gasteiger partial charge < -0.3 is 20.3 Å². The molecule has 1 amide bonds. The van der Waals surface area contributed by atoms with E-state index >= 15 is 0 Å². The zero-order valence-electron chi connectivity index (χ0n) is 19.9. The Hall–Kier alpha value is -2.87. The van der Waals surface area contributed by atoms with Crippen molar-refractivity contribution >= 4 is 17.2 Å². The summed E-state index contributed by atoms with van der Waals surface area (Å²) in [6, 6.07) is 11.5. The average Bonchev–Trinajstić information content (AvgIpc) is 3.30. The highest BCUT2D eigenvalue weighted by Crippen LogP contribution is 2.43. The van der Waals surface area contributed by atoms with Crippen LogP contribution in [0.5, 0.6) is 11.5 Å². The molecule has 0 saturated carbocycles. The summed E-state index contributed by atoms with van der Waals surface area (Å²) in [6.45, 7) is 10.5. The fourth-order valence-electron chi connectivity index (χ4n) is 4.28. The molecule has 180 valence electrons. The number of phenols is 2. The molecule has 0 aliphatic carbocycles. The summed E-state index contributed by atoms with van der Waals surface area (Å²) in [5.41, 5.74) is 5.05. The number of thiophene rings is 1. The van der Waals surface area contributed by atoms with Crippen molar-refractivity contribution in [1.82, 2.24) is 10.2 Å². The van der Waals surface area contributed by atoms with E-state index in [9.17, 15) is 15.0 Å². The first-order valence-electron chi connectivity index (χ1n) is 11.7. The fourth-order valence-corrected chi connectivity index (χ4v) is 5.21. The van der Waals surface area contributed by atoms with Gasteiger partial charge in [-0.15, -0.1) is 11.3 Å². The third-order valence-corrected chi connectivity index (χ3v) is 7.08. The third-order valence-electron chi connectivity index (χ3n) is 6.12. The molecule has 0 spiro atoms. The number of benzene rings is 2. The van der Waals surface area contributed by atoms with Crippen molar-refractivity contribution in [1.29, 1.82) is 0 Å². The molecule has 2 aromatic carbocycles. The highest BCUT2D eigenvalue weighted by molar-refractivity contribution is 7.14. The molecule has 4 rings (SSSR count). The first-order valence-corrected chi connectivity index (χ1v) is 12.6. The van der Waals surface area contributed by atoms with Crippen LogP contribution in [0.1, 0.15) is 48.2 Å². The third kappa shape index (κ3) is 5.27. The van der Waals surface area contributed by atoms with Gasteiger partial charge in [-0.1, -0.05) is 26.0 Å². The molecule has 2 heterocycles. The van der Waals surface area contributed by atoms with Crippen LogP contribution in [0, 0.1) is 0 Å². The summed E-state index contributed by atoms with van der Waals surface area (Å²) in [7, 11) is 0. The monoisotopic (exact) mass is 480 g/mol. The second kappa shape index (κ2) is 10.6. The zero-order valence-corrected chi connectivity index (χ0v) is 20.7. The van der Waals surface area contributed by atoms with Gasteiger partial charge in [0.15, 0.2) is 0 Å². The maximum Gasteiger partial charge on any atom is 0.252 e. The van der Waals surface area contributed by atoms with Gasteiger partial charge in [-0.25, -0.2) is 0 Å². The number of amides is 1. The normalized spacial score (nSPS) is 14.5. The van der Waals surface area contributed by atoms with Crippen molar-refractivity contribution in [3.63, 3.8) is 0 Å². The molecule has 1 fully saturated rings. The summed E-state index contributed by atoms with van der Waals surface area (Å²) < 4.78 is 5.48. The van der Waals surface area contributed by atoms with Gasteiger partial charge in [0.05, 0.1) is 18.8 Å². The lowest BCUT2D eigenvalue weighted by Crippen LogP contribution is -2.35. The van der Waals surface area contributed by atoms with Gasteiger partial charge >= 0.3 is 0 Å². The molecule has 1 aliphatic heterocycles. The van der Waals surface area contributed by atoms with Crippen molar-refractivity contribution in [2.24, 2.45) is 0 Å². The van der Waals surface area contributed by atoms with E-state index in [2.05, 4.69) is 28.4 Å². The number of hydrogen-bond acceptors (Lipinski definition) is 6. The van der Waals surface area contributed by atoms with Crippen LogP contribution in [0.4, 0.5) is 0 Å². The van der Waals surface area contributed by atoms with E-state index in [-0.39, 0.29) is 23.3 Å². The van der Waals surface area contributed by atoms with Gasteiger partial charge in [-0.05, 0) is 53.3 Å². The number of morpholine rings is 1. The topological polar surface area (TPSA) is 82.0 Å². The molecular weight excluding hydrogens is 448 g/mol. The van der Waals surface area contributed by atoms with E-state index in [0.717, 1.165) is 60.0 Å². The number of nitrogens with one attached hydrogen (secondary N) is 1. The molecule has 3 aromatic rings. The van der Waals surface area contributed by atoms with Crippen LogP contribution in [-0.4, -0.2) is 53.9 Å². The minimum atomic E-state index is -0.0925. The van der Waals surface area contributed by atoms with Crippen LogP contribution in [0.15, 0.2) is 41.8 Å². The molecule has 34 heavy (non-hydrogen) atoms. The van der Waals surface area contributed by atoms with E-state index in [1.165, 1.54) is 17.4 Å². The number of hydrogen-bond donors (Lipinski definition) is 3. The standard InChI is InChI=1S/C27H32N2O4S/c1-4-28-27(32)19-12-26(34-16-19)20-6-5-18(15-29-7-9-33-10-8-29)11-22(20)23-13-21(17(2)3)24(30)14-25(23)31/h5-6,11-14,16-17,30-31H,4,7-10,15H2,1-3H3,(H,28,32). The Balaban J connectivity index is 1.80. The largest absolute Gasteiger partial charge is 0.508 e. The lowest BCUT2D eigenvalue weighted by Gasteiger charge is -2.27. The number of phenolic OH excluding ortho intramolecular Hbond substituents is 2. The molecule has 7 heteroatoms. The van der Waals surface area contributed by atoms with Crippen LogP contribution < -0.4 is 5.32 Å². The lowest BCUT2D eigenvalue weighted by molar-refractivity contribution is 0.0342. The predicted octanol–water partition coefficient (Wildman–Crippen LogP) is 5.20. The summed E-state index contributed by atoms with van der Waals surface area (Å²) >= 11 is 1.51. The fraction of sp³-hybridized carbons (Fsp3) is 0.370. The van der Waals surface area contributed by atoms with Crippen molar-refractivity contribution in [2.45, 2.75) is 33.2 Å². The molecule has 1 aromatic heterocycles. The molecule has 0 radical (unpaired) electrons. The summed E-state index contributed by atoms with van der Waals surface area (Å²) in [5.74, 6) is 0.138. The highest BCUT2D eigenvalue weighted by atomic mass is 32.1. The molecule has 0 bridgehead atoms. The van der Waals surface area contributed by atoms with Crippen molar-refractivity contribution in [3.05, 3.63) is 58.5 Å². The first-order chi connectivity index (χ1) is 16.4. The second-order valence-electron chi connectivity index (χ2n) is 8.91. The van der Waals surface area contributed by atoms with Crippen LogP contribution >= 0.6 is 11.3 Å². The molecule has 0 atom stereocenters. The Morgan fingerprint density at radius 2 is 1.82 bits per heavy atom. The maximum absolute atomic E-state index is 12.3. The Bertz CT molecular complexity index is 1170. The Kier molecular flexibility index (Phi) is 7.56. The van der Waals surface area contributed by atoms with Gasteiger partial charge in [-0.2, -0.15) is 0 Å². The van der Waals surface area contributed by atoms with E-state index in [0.29, 0.717) is 17.7 Å². The summed E-state index contributed by atoms with van der Waals surface area (Å²) in [6.07, 6.45) is 0. The van der Waals surface area contributed by atoms with E-state index in [1.54, 1.807) is 0 Å². The van der Waals surface area contributed by atoms with Crippen LogP contribution in [0.2, 0.25) is 0 Å². The summed E-state index contributed by atoms with van der Waals surface area (Å²) in [4.78, 5) is 15.7. The van der Waals surface area contributed by atoms with Crippen molar-refractivity contribution < 1.29 is 19.7 Å². The number of carbonyl (C=O) groups is 1. The highest BCUT2D eigenvalue weighted by Gasteiger charge is 2.19. The summed E-state index contributed by atoms with van der Waals surface area (Å²) in [5, 5.41) is 25.9. The quantitative estimate of drug-likeness (QED) is 0.433. The molecule has 1 saturated heterocycles. The predicted molar refractivity (Wildman–Crippen MR) is 137 cm³/mol. The average molecular weight is 481 g/mol. The van der Waals surface area contributed by atoms with Crippen molar-refractivity contribution in [3.8, 4) is 33.1 Å². The zero-order chi connectivity index (χ0) is 24.2. The Labute approximate surface area is 204 Å². The molecule has 1 aliphatic rings. The Morgan fingerprint density at radius 3 is 2.53 bits per heavy atom. The van der Waals surface area contributed by atoms with Gasteiger partial charge in [0, 0.05) is 48.1 Å². The Morgan fingerprint density at radius 1 is 1.06 bits per heavy atom. The molecular formula is C27H32N2O4S. The van der Waals surface area contributed by atoms with E-state index in [1.807, 2.05) is 38.3 Å². The molecule has 0 unspecified atom stereocenters. The number of nitrogens with zero attached hydrogens (tertiary/aromatic N) is 1.